The van der Waals surface area contributed by atoms with Crippen molar-refractivity contribution >= 4 is 11.5 Å². The third-order valence-electron chi connectivity index (χ3n) is 2.91. The van der Waals surface area contributed by atoms with Crippen LogP contribution in [0.25, 0.3) is 0 Å². The molecular formula is C18H13N2. The predicted molar refractivity (Wildman–Crippen MR) is 81.3 cm³/mol. The Labute approximate surface area is 118 Å². The maximum Gasteiger partial charge on any atom is 0.153 e. The van der Waals surface area contributed by atoms with Gasteiger partial charge in [0.05, 0.1) is 5.71 Å². The van der Waals surface area contributed by atoms with E-state index in [1.54, 1.807) is 18.3 Å². The number of pyridine rings is 1. The molecule has 0 spiro atoms. The van der Waals surface area contributed by atoms with Crippen molar-refractivity contribution in [3.8, 4) is 0 Å². The molecule has 2 aromatic carbocycles. The number of nitrogens with zero attached hydrogens (tertiary/aromatic N) is 2. The highest BCUT2D eigenvalue weighted by Crippen LogP contribution is 2.15. The zero-order valence-corrected chi connectivity index (χ0v) is 10.9. The second kappa shape index (κ2) is 5.93. The molecule has 20 heavy (non-hydrogen) atoms. The molecule has 0 saturated heterocycles. The molecule has 0 aliphatic heterocycles. The van der Waals surface area contributed by atoms with Crippen LogP contribution in [0.15, 0.2) is 84.0 Å². The molecule has 2 heteroatoms. The molecule has 0 unspecified atom stereocenters. The Kier molecular flexibility index (Phi) is 3.65. The van der Waals surface area contributed by atoms with E-state index in [0.717, 1.165) is 16.8 Å². The lowest BCUT2D eigenvalue weighted by atomic mass is 10.0. The quantitative estimate of drug-likeness (QED) is 0.650. The Morgan fingerprint density at radius 3 is 1.95 bits per heavy atom. The van der Waals surface area contributed by atoms with Crippen molar-refractivity contribution in [2.45, 2.75) is 0 Å². The van der Waals surface area contributed by atoms with Gasteiger partial charge in [-0.2, -0.15) is 0 Å². The van der Waals surface area contributed by atoms with Gasteiger partial charge in [0.15, 0.2) is 5.82 Å². The summed E-state index contributed by atoms with van der Waals surface area (Å²) >= 11 is 0. The van der Waals surface area contributed by atoms with Crippen LogP contribution in [0, 0.1) is 6.07 Å². The lowest BCUT2D eigenvalue weighted by Crippen LogP contribution is -2.02. The fraction of sp³-hybridized carbons (Fsp3) is 0. The monoisotopic (exact) mass is 257 g/mol. The zero-order chi connectivity index (χ0) is 13.6. The first-order chi connectivity index (χ1) is 9.93. The van der Waals surface area contributed by atoms with E-state index in [0.29, 0.717) is 5.82 Å². The van der Waals surface area contributed by atoms with Crippen LogP contribution >= 0.6 is 0 Å². The molecule has 0 aliphatic carbocycles. The highest BCUT2D eigenvalue weighted by atomic mass is 14.9. The molecule has 2 nitrogen and oxygen atoms in total. The van der Waals surface area contributed by atoms with Gasteiger partial charge in [-0.3, -0.25) is 0 Å². The topological polar surface area (TPSA) is 25.2 Å². The standard InChI is InChI=1S/C18H13N2/c1-3-9-15(10-4-1)18(16-11-5-2-6-12-16)20-17-13-7-8-14-19-17/h1-6,8-14H. The molecular weight excluding hydrogens is 244 g/mol. The van der Waals surface area contributed by atoms with Gasteiger partial charge in [0.25, 0.3) is 0 Å². The van der Waals surface area contributed by atoms with Gasteiger partial charge >= 0.3 is 0 Å². The highest BCUT2D eigenvalue weighted by Gasteiger charge is 2.06. The first-order valence-corrected chi connectivity index (χ1v) is 6.45. The van der Waals surface area contributed by atoms with E-state index in [9.17, 15) is 0 Å². The number of benzene rings is 2. The van der Waals surface area contributed by atoms with Gasteiger partial charge in [0.2, 0.25) is 0 Å². The summed E-state index contributed by atoms with van der Waals surface area (Å²) in [7, 11) is 0. The van der Waals surface area contributed by atoms with Crippen LogP contribution in [0.5, 0.6) is 0 Å². The largest absolute Gasteiger partial charge is 0.237 e. The predicted octanol–water partition coefficient (Wildman–Crippen LogP) is 4.05. The van der Waals surface area contributed by atoms with E-state index in [1.807, 2.05) is 36.4 Å². The fourth-order valence-electron chi connectivity index (χ4n) is 1.98. The zero-order valence-electron chi connectivity index (χ0n) is 10.9. The minimum atomic E-state index is 0.662. The van der Waals surface area contributed by atoms with Crippen LogP contribution < -0.4 is 0 Å². The molecule has 0 saturated carbocycles. The van der Waals surface area contributed by atoms with E-state index in [2.05, 4.69) is 40.3 Å². The van der Waals surface area contributed by atoms with Gasteiger partial charge < -0.3 is 0 Å². The van der Waals surface area contributed by atoms with Crippen molar-refractivity contribution in [1.29, 1.82) is 0 Å². The number of rotatable bonds is 3. The van der Waals surface area contributed by atoms with E-state index < -0.39 is 0 Å². The van der Waals surface area contributed by atoms with Crippen LogP contribution in [0.1, 0.15) is 11.1 Å². The van der Waals surface area contributed by atoms with E-state index >= 15 is 0 Å². The summed E-state index contributed by atoms with van der Waals surface area (Å²) in [5, 5.41) is 0. The van der Waals surface area contributed by atoms with Crippen LogP contribution in [0.4, 0.5) is 5.82 Å². The molecule has 0 N–H and O–H groups in total. The van der Waals surface area contributed by atoms with Gasteiger partial charge in [-0.15, -0.1) is 0 Å². The average molecular weight is 257 g/mol. The second-order valence-electron chi connectivity index (χ2n) is 4.31. The second-order valence-corrected chi connectivity index (χ2v) is 4.31. The van der Waals surface area contributed by atoms with Gasteiger partial charge in [0.1, 0.15) is 0 Å². The minimum absolute atomic E-state index is 0.662. The van der Waals surface area contributed by atoms with Crippen molar-refractivity contribution in [1.82, 2.24) is 4.98 Å². The lowest BCUT2D eigenvalue weighted by Gasteiger charge is -2.07. The SMILES string of the molecule is [c]1ccnc(N=C(c2ccccc2)c2ccccc2)c1. The molecule has 95 valence electrons. The summed E-state index contributed by atoms with van der Waals surface area (Å²) in [5.41, 5.74) is 3.06. The van der Waals surface area contributed by atoms with Crippen molar-refractivity contribution in [2.24, 2.45) is 4.99 Å². The molecule has 0 atom stereocenters. The Morgan fingerprint density at radius 2 is 1.45 bits per heavy atom. The molecule has 1 heterocycles. The third-order valence-corrected chi connectivity index (χ3v) is 2.91. The smallest absolute Gasteiger partial charge is 0.153 e. The van der Waals surface area contributed by atoms with Crippen LogP contribution in [0.3, 0.4) is 0 Å². The number of aliphatic imine (C=N–C) groups is 1. The summed E-state index contributed by atoms with van der Waals surface area (Å²) in [4.78, 5) is 8.92. The number of hydrogen-bond acceptors (Lipinski definition) is 2. The first-order valence-electron chi connectivity index (χ1n) is 6.45. The maximum absolute atomic E-state index is 4.67. The summed E-state index contributed by atoms with van der Waals surface area (Å²) in [5.74, 6) is 0.662. The average Bonchev–Trinajstić information content (AvgIpc) is 2.55. The fourth-order valence-corrected chi connectivity index (χ4v) is 1.98. The van der Waals surface area contributed by atoms with Crippen molar-refractivity contribution < 1.29 is 0 Å². The lowest BCUT2D eigenvalue weighted by molar-refractivity contribution is 1.27. The summed E-state index contributed by atoms with van der Waals surface area (Å²) < 4.78 is 0. The highest BCUT2D eigenvalue weighted by molar-refractivity contribution is 6.13. The Balaban J connectivity index is 2.12. The van der Waals surface area contributed by atoms with Crippen molar-refractivity contribution in [3.05, 3.63) is 96.2 Å². The Morgan fingerprint density at radius 1 is 0.850 bits per heavy atom. The molecule has 3 aromatic rings. The van der Waals surface area contributed by atoms with Crippen molar-refractivity contribution in [2.75, 3.05) is 0 Å². The molecule has 1 radical (unpaired) electrons. The number of hydrogen-bond donors (Lipinski definition) is 0. The normalized spacial score (nSPS) is 10.0. The van der Waals surface area contributed by atoms with Crippen molar-refractivity contribution in [3.63, 3.8) is 0 Å². The van der Waals surface area contributed by atoms with E-state index in [-0.39, 0.29) is 0 Å². The summed E-state index contributed by atoms with van der Waals surface area (Å²) in [6, 6.07) is 26.8. The third kappa shape index (κ3) is 2.81. The summed E-state index contributed by atoms with van der Waals surface area (Å²) in [6.45, 7) is 0. The first kappa shape index (κ1) is 12.3. The molecule has 0 fully saturated rings. The van der Waals surface area contributed by atoms with Gasteiger partial charge in [-0.1, -0.05) is 60.7 Å². The van der Waals surface area contributed by atoms with Crippen LogP contribution in [-0.4, -0.2) is 10.7 Å². The van der Waals surface area contributed by atoms with Crippen LogP contribution in [-0.2, 0) is 0 Å². The Bertz CT molecular complexity index is 648. The molecule has 0 bridgehead atoms. The number of aromatic nitrogens is 1. The minimum Gasteiger partial charge on any atom is -0.237 e. The molecule has 0 aliphatic rings. The Hall–Kier alpha value is -2.74. The molecule has 0 amide bonds. The van der Waals surface area contributed by atoms with Crippen LogP contribution in [0.2, 0.25) is 0 Å². The van der Waals surface area contributed by atoms with Gasteiger partial charge in [-0.25, -0.2) is 9.98 Å². The maximum atomic E-state index is 4.67. The summed E-state index contributed by atoms with van der Waals surface area (Å²) in [6.07, 6.45) is 1.70. The molecule has 3 rings (SSSR count). The molecule has 1 aromatic heterocycles. The van der Waals surface area contributed by atoms with E-state index in [1.165, 1.54) is 0 Å². The van der Waals surface area contributed by atoms with E-state index in [4.69, 9.17) is 0 Å². The van der Waals surface area contributed by atoms with Gasteiger partial charge in [0, 0.05) is 17.3 Å². The van der Waals surface area contributed by atoms with Gasteiger partial charge in [-0.05, 0) is 18.2 Å².